The molecule has 0 aliphatic carbocycles. The number of hydrazine groups is 1. The number of hydrogen-bond acceptors (Lipinski definition) is 6. The molecule has 0 radical (unpaired) electrons. The monoisotopic (exact) mass is 550 g/mol. The van der Waals surface area contributed by atoms with E-state index in [0.717, 1.165) is 41.2 Å². The maximum absolute atomic E-state index is 13.4. The first-order valence-corrected chi connectivity index (χ1v) is 14.4. The van der Waals surface area contributed by atoms with Crippen molar-refractivity contribution < 1.29 is 18.0 Å². The van der Waals surface area contributed by atoms with E-state index in [2.05, 4.69) is 20.5 Å². The fraction of sp³-hybridized carbons (Fsp3) is 0.321. The van der Waals surface area contributed by atoms with Crippen LogP contribution in [-0.4, -0.2) is 57.1 Å². The van der Waals surface area contributed by atoms with Crippen molar-refractivity contribution in [2.45, 2.75) is 43.2 Å². The predicted octanol–water partition coefficient (Wildman–Crippen LogP) is 1.85. The van der Waals surface area contributed by atoms with Crippen molar-refractivity contribution in [1.82, 2.24) is 20.4 Å². The second-order valence-electron chi connectivity index (χ2n) is 9.50. The van der Waals surface area contributed by atoms with Crippen LogP contribution < -0.4 is 21.3 Å². The molecule has 0 saturated carbocycles. The lowest BCUT2D eigenvalue weighted by atomic mass is 10.0. The molecule has 4 rings (SSSR count). The first kappa shape index (κ1) is 28.2. The Morgan fingerprint density at radius 2 is 1.64 bits per heavy atom. The third-order valence-corrected chi connectivity index (χ3v) is 8.06. The van der Waals surface area contributed by atoms with Crippen molar-refractivity contribution in [2.75, 3.05) is 19.6 Å². The number of likely N-dealkylation sites (tertiary alicyclic amines) is 1. The fourth-order valence-electron chi connectivity index (χ4n) is 4.58. The molecule has 2 amide bonds. The van der Waals surface area contributed by atoms with E-state index >= 15 is 0 Å². The summed E-state index contributed by atoms with van der Waals surface area (Å²) in [5.41, 5.74) is 4.19. The number of sulfonamides is 1. The molecule has 3 aromatic carbocycles. The molecule has 206 valence electrons. The number of hydrogen-bond donors (Lipinski definition) is 4. The summed E-state index contributed by atoms with van der Waals surface area (Å²) in [7, 11) is -3.93. The molecule has 1 heterocycles. The van der Waals surface area contributed by atoms with Gasteiger partial charge in [0.25, 0.3) is 0 Å². The van der Waals surface area contributed by atoms with Gasteiger partial charge in [-0.05, 0) is 53.3 Å². The minimum absolute atomic E-state index is 0.0709. The molecular formula is C28H34N6O4S. The van der Waals surface area contributed by atoms with Gasteiger partial charge in [-0.1, -0.05) is 54.6 Å². The van der Waals surface area contributed by atoms with E-state index in [1.54, 1.807) is 17.0 Å². The van der Waals surface area contributed by atoms with E-state index in [-0.39, 0.29) is 17.2 Å². The molecule has 0 bridgehead atoms. The van der Waals surface area contributed by atoms with Crippen molar-refractivity contribution in [1.29, 1.82) is 0 Å². The van der Waals surface area contributed by atoms with E-state index in [1.165, 1.54) is 12.4 Å². The summed E-state index contributed by atoms with van der Waals surface area (Å²) in [6, 6.07) is 19.0. The zero-order chi connectivity index (χ0) is 27.7. The highest BCUT2D eigenvalue weighted by Gasteiger charge is 2.28. The summed E-state index contributed by atoms with van der Waals surface area (Å²) >= 11 is 0. The number of benzene rings is 3. The largest absolute Gasteiger partial charge is 0.343 e. The van der Waals surface area contributed by atoms with Gasteiger partial charge in [0, 0.05) is 19.5 Å². The van der Waals surface area contributed by atoms with Crippen LogP contribution in [0.1, 0.15) is 30.4 Å². The molecule has 1 atom stereocenters. The van der Waals surface area contributed by atoms with E-state index < -0.39 is 28.5 Å². The van der Waals surface area contributed by atoms with Gasteiger partial charge >= 0.3 is 0 Å². The van der Waals surface area contributed by atoms with Crippen LogP contribution >= 0.6 is 0 Å². The molecule has 5 N–H and O–H groups in total. The van der Waals surface area contributed by atoms with E-state index in [4.69, 9.17) is 5.84 Å². The number of carbonyl (C=O) groups excluding carboxylic acids is 2. The Kier molecular flexibility index (Phi) is 9.64. The zero-order valence-corrected chi connectivity index (χ0v) is 22.5. The first-order valence-electron chi connectivity index (χ1n) is 12.9. The highest BCUT2D eigenvalue weighted by molar-refractivity contribution is 7.89. The van der Waals surface area contributed by atoms with E-state index in [0.29, 0.717) is 19.6 Å². The molecule has 1 aliphatic rings. The van der Waals surface area contributed by atoms with Crippen LogP contribution in [0.5, 0.6) is 0 Å². The van der Waals surface area contributed by atoms with Gasteiger partial charge in [-0.15, -0.1) is 0 Å². The van der Waals surface area contributed by atoms with Crippen molar-refractivity contribution in [3.63, 3.8) is 0 Å². The Labute approximate surface area is 228 Å². The summed E-state index contributed by atoms with van der Waals surface area (Å²) in [4.78, 5) is 32.2. The van der Waals surface area contributed by atoms with Gasteiger partial charge in [-0.2, -0.15) is 0 Å². The van der Waals surface area contributed by atoms with Crippen LogP contribution in [0.4, 0.5) is 0 Å². The number of rotatable bonds is 11. The maximum Gasteiger partial charge on any atom is 0.245 e. The van der Waals surface area contributed by atoms with Crippen LogP contribution in [0.25, 0.3) is 10.8 Å². The van der Waals surface area contributed by atoms with Crippen LogP contribution in [0.2, 0.25) is 0 Å². The van der Waals surface area contributed by atoms with Gasteiger partial charge in [0.15, 0.2) is 0 Å². The van der Waals surface area contributed by atoms with Gasteiger partial charge < -0.3 is 15.6 Å². The summed E-state index contributed by atoms with van der Waals surface area (Å²) in [5.74, 6) is 4.45. The Bertz CT molecular complexity index is 1420. The van der Waals surface area contributed by atoms with Gasteiger partial charge in [-0.3, -0.25) is 14.6 Å². The normalized spacial score (nSPS) is 14.8. The second kappa shape index (κ2) is 13.3. The van der Waals surface area contributed by atoms with Gasteiger partial charge in [0.1, 0.15) is 6.04 Å². The molecule has 1 fully saturated rings. The number of aliphatic imine (C=N–C) groups is 1. The molecule has 0 aromatic heterocycles. The quantitative estimate of drug-likeness (QED) is 0.124. The molecular weight excluding hydrogens is 516 g/mol. The number of carbonyl (C=O) groups is 2. The first-order chi connectivity index (χ1) is 18.9. The smallest absolute Gasteiger partial charge is 0.245 e. The van der Waals surface area contributed by atoms with Crippen LogP contribution in [0.3, 0.4) is 0 Å². The third kappa shape index (κ3) is 7.85. The van der Waals surface area contributed by atoms with Gasteiger partial charge in [0.2, 0.25) is 21.8 Å². The maximum atomic E-state index is 13.4. The summed E-state index contributed by atoms with van der Waals surface area (Å²) in [5, 5.41) is 4.47. The Morgan fingerprint density at radius 3 is 2.36 bits per heavy atom. The van der Waals surface area contributed by atoms with Crippen molar-refractivity contribution in [2.24, 2.45) is 10.8 Å². The summed E-state index contributed by atoms with van der Waals surface area (Å²) in [6.07, 6.45) is 4.61. The molecule has 1 saturated heterocycles. The minimum atomic E-state index is -3.93. The van der Waals surface area contributed by atoms with Crippen LogP contribution in [0, 0.1) is 0 Å². The Balaban J connectivity index is 1.42. The lowest BCUT2D eigenvalue weighted by molar-refractivity contribution is -0.137. The third-order valence-electron chi connectivity index (χ3n) is 6.66. The average molecular weight is 551 g/mol. The van der Waals surface area contributed by atoms with Gasteiger partial charge in [-0.25, -0.2) is 19.0 Å². The topological polar surface area (TPSA) is 146 Å². The zero-order valence-electron chi connectivity index (χ0n) is 21.7. The SMILES string of the molecule is NNC=NCc1ccc(CC(NC(=O)CNS(=O)(=O)c2ccc3ccccc3c2)C(=O)N2CCCCC2)cc1. The van der Waals surface area contributed by atoms with Gasteiger partial charge in [0.05, 0.1) is 24.3 Å². The predicted molar refractivity (Wildman–Crippen MR) is 151 cm³/mol. The van der Waals surface area contributed by atoms with Crippen molar-refractivity contribution in [3.8, 4) is 0 Å². The Hall–Kier alpha value is -3.80. The molecule has 1 aliphatic heterocycles. The van der Waals surface area contributed by atoms with Crippen molar-refractivity contribution in [3.05, 3.63) is 77.9 Å². The number of amides is 2. The summed E-state index contributed by atoms with van der Waals surface area (Å²) < 4.78 is 28.1. The van der Waals surface area contributed by atoms with Crippen LogP contribution in [0.15, 0.2) is 76.6 Å². The van der Waals surface area contributed by atoms with Crippen molar-refractivity contribution >= 4 is 38.9 Å². The van der Waals surface area contributed by atoms with Crippen LogP contribution in [-0.2, 0) is 32.6 Å². The standard InChI is InChI=1S/C28H34N6O4S/c29-31-20-30-18-22-10-8-21(9-11-22)16-26(28(36)34-14-4-1-5-15-34)33-27(35)19-32-39(37,38)25-13-12-23-6-2-3-7-24(23)17-25/h2-3,6-13,17,20,26,32H,1,4-5,14-16,18-19,29H2,(H,30,31)(H,33,35). The average Bonchev–Trinajstić information content (AvgIpc) is 2.96. The number of nitrogens with zero attached hydrogens (tertiary/aromatic N) is 2. The fourth-order valence-corrected chi connectivity index (χ4v) is 5.60. The van der Waals surface area contributed by atoms with E-state index in [9.17, 15) is 18.0 Å². The molecule has 11 heteroatoms. The highest BCUT2D eigenvalue weighted by Crippen LogP contribution is 2.19. The highest BCUT2D eigenvalue weighted by atomic mass is 32.2. The molecule has 39 heavy (non-hydrogen) atoms. The molecule has 1 unspecified atom stereocenters. The number of fused-ring (bicyclic) bond motifs is 1. The Morgan fingerprint density at radius 1 is 0.949 bits per heavy atom. The molecule has 3 aromatic rings. The molecule has 10 nitrogen and oxygen atoms in total. The second-order valence-corrected chi connectivity index (χ2v) is 11.3. The number of nitrogens with one attached hydrogen (secondary N) is 3. The minimum Gasteiger partial charge on any atom is -0.343 e. The van der Waals surface area contributed by atoms with E-state index in [1.807, 2.05) is 48.5 Å². The number of nitrogens with two attached hydrogens (primary N) is 1. The lowest BCUT2D eigenvalue weighted by Gasteiger charge is -2.31. The lowest BCUT2D eigenvalue weighted by Crippen LogP contribution is -2.52. The molecule has 0 spiro atoms. The summed E-state index contributed by atoms with van der Waals surface area (Å²) in [6.45, 7) is 1.26. The number of piperidine rings is 1.